The van der Waals surface area contributed by atoms with Crippen molar-refractivity contribution in [2.75, 3.05) is 5.32 Å². The van der Waals surface area contributed by atoms with Crippen LogP contribution in [-0.2, 0) is 6.54 Å². The molecule has 0 fully saturated rings. The number of aryl methyl sites for hydroxylation is 2. The summed E-state index contributed by atoms with van der Waals surface area (Å²) in [5, 5.41) is 3.42. The molecule has 3 rings (SSSR count). The van der Waals surface area contributed by atoms with Crippen LogP contribution in [0.5, 0.6) is 0 Å². The van der Waals surface area contributed by atoms with E-state index in [9.17, 15) is 0 Å². The van der Waals surface area contributed by atoms with Gasteiger partial charge in [0, 0.05) is 16.8 Å². The van der Waals surface area contributed by atoms with Crippen molar-refractivity contribution in [2.24, 2.45) is 0 Å². The highest BCUT2D eigenvalue weighted by Crippen LogP contribution is 2.25. The second kappa shape index (κ2) is 6.51. The minimum absolute atomic E-state index is 0.584. The summed E-state index contributed by atoms with van der Waals surface area (Å²) >= 11 is 7.36. The molecule has 1 heterocycles. The highest BCUT2D eigenvalue weighted by molar-refractivity contribution is 7.15. The summed E-state index contributed by atoms with van der Waals surface area (Å²) in [7, 11) is 0. The molecule has 0 saturated carbocycles. The number of benzene rings is 2. The minimum atomic E-state index is 0.584. The van der Waals surface area contributed by atoms with Crippen LogP contribution in [0, 0.1) is 13.8 Å². The number of hydrogen-bond acceptors (Lipinski definition) is 3. The summed E-state index contributed by atoms with van der Waals surface area (Å²) in [6.07, 6.45) is 1.81. The zero-order valence-corrected chi connectivity index (χ0v) is 14.1. The molecule has 4 heteroatoms. The number of nitrogens with zero attached hydrogens (tertiary/aromatic N) is 1. The number of halogens is 1. The van der Waals surface area contributed by atoms with Gasteiger partial charge in [-0.25, -0.2) is 4.98 Å². The zero-order valence-electron chi connectivity index (χ0n) is 12.6. The van der Waals surface area contributed by atoms with Gasteiger partial charge in [0.1, 0.15) is 0 Å². The van der Waals surface area contributed by atoms with Crippen molar-refractivity contribution in [3.8, 4) is 11.1 Å². The first-order chi connectivity index (χ1) is 10.6. The van der Waals surface area contributed by atoms with E-state index >= 15 is 0 Å². The van der Waals surface area contributed by atoms with Crippen molar-refractivity contribution in [1.82, 2.24) is 4.98 Å². The Balaban J connectivity index is 1.78. The van der Waals surface area contributed by atoms with Gasteiger partial charge >= 0.3 is 0 Å². The normalized spacial score (nSPS) is 10.7. The topological polar surface area (TPSA) is 24.9 Å². The molecule has 2 aromatic carbocycles. The fourth-order valence-electron chi connectivity index (χ4n) is 2.28. The molecule has 22 heavy (non-hydrogen) atoms. The third-order valence-electron chi connectivity index (χ3n) is 3.69. The molecule has 0 aliphatic heterocycles. The Morgan fingerprint density at radius 3 is 2.59 bits per heavy atom. The van der Waals surface area contributed by atoms with Crippen molar-refractivity contribution >= 4 is 28.6 Å². The molecular weight excluding hydrogens is 312 g/mol. The molecule has 0 radical (unpaired) electrons. The third kappa shape index (κ3) is 3.49. The molecule has 0 bridgehead atoms. The van der Waals surface area contributed by atoms with Gasteiger partial charge in [-0.05, 0) is 48.2 Å². The quantitative estimate of drug-likeness (QED) is 0.665. The van der Waals surface area contributed by atoms with E-state index in [1.807, 2.05) is 6.20 Å². The molecule has 0 saturated heterocycles. The molecule has 1 aromatic heterocycles. The monoisotopic (exact) mass is 328 g/mol. The molecule has 1 N–H and O–H groups in total. The van der Waals surface area contributed by atoms with Crippen LogP contribution in [0.1, 0.15) is 16.0 Å². The molecule has 3 aromatic rings. The van der Waals surface area contributed by atoms with Gasteiger partial charge in [-0.3, -0.25) is 0 Å². The van der Waals surface area contributed by atoms with Crippen LogP contribution >= 0.6 is 22.9 Å². The lowest BCUT2D eigenvalue weighted by atomic mass is 10.0. The van der Waals surface area contributed by atoms with Crippen LogP contribution < -0.4 is 5.32 Å². The average Bonchev–Trinajstić information content (AvgIpc) is 2.94. The van der Waals surface area contributed by atoms with Gasteiger partial charge in [0.05, 0.1) is 6.54 Å². The fourth-order valence-corrected chi connectivity index (χ4v) is 3.20. The Morgan fingerprint density at radius 2 is 1.86 bits per heavy atom. The van der Waals surface area contributed by atoms with Gasteiger partial charge in [0.2, 0.25) is 0 Å². The lowest BCUT2D eigenvalue weighted by molar-refractivity contribution is 1.17. The first kappa shape index (κ1) is 15.1. The second-order valence-electron chi connectivity index (χ2n) is 5.31. The van der Waals surface area contributed by atoms with Gasteiger partial charge in [-0.1, -0.05) is 41.9 Å². The molecule has 0 aliphatic carbocycles. The highest BCUT2D eigenvalue weighted by Gasteiger charge is 2.03. The van der Waals surface area contributed by atoms with Crippen LogP contribution in [0.2, 0.25) is 4.47 Å². The Kier molecular flexibility index (Phi) is 4.46. The molecule has 0 aliphatic rings. The summed E-state index contributed by atoms with van der Waals surface area (Å²) < 4.78 is 0.584. The number of anilines is 1. The van der Waals surface area contributed by atoms with Crippen LogP contribution in [-0.4, -0.2) is 4.98 Å². The maximum Gasteiger partial charge on any atom is 0.183 e. The Morgan fingerprint density at radius 1 is 1.05 bits per heavy atom. The highest BCUT2D eigenvalue weighted by atomic mass is 35.5. The lowest BCUT2D eigenvalue weighted by Gasteiger charge is -2.09. The standard InChI is InChI=1S/C18H17ClN2S/c1-12-6-7-15(8-13(12)2)14-4-3-5-16(9-14)20-10-17-11-21-18(19)22-17/h3-9,11,20H,10H2,1-2H3. The summed E-state index contributed by atoms with van der Waals surface area (Å²) in [5.41, 5.74) is 6.19. The van der Waals surface area contributed by atoms with Crippen molar-refractivity contribution in [3.63, 3.8) is 0 Å². The molecule has 2 nitrogen and oxygen atoms in total. The number of nitrogens with one attached hydrogen (secondary N) is 1. The predicted octanol–water partition coefficient (Wildman–Crippen LogP) is 5.69. The van der Waals surface area contributed by atoms with E-state index in [1.54, 1.807) is 0 Å². The molecule has 112 valence electrons. The van der Waals surface area contributed by atoms with Crippen molar-refractivity contribution in [1.29, 1.82) is 0 Å². The van der Waals surface area contributed by atoms with Gasteiger partial charge in [0.15, 0.2) is 4.47 Å². The van der Waals surface area contributed by atoms with E-state index in [-0.39, 0.29) is 0 Å². The first-order valence-electron chi connectivity index (χ1n) is 7.13. The van der Waals surface area contributed by atoms with E-state index in [0.717, 1.165) is 17.1 Å². The maximum atomic E-state index is 5.85. The summed E-state index contributed by atoms with van der Waals surface area (Å²) in [6.45, 7) is 5.02. The van der Waals surface area contributed by atoms with Crippen LogP contribution in [0.4, 0.5) is 5.69 Å². The molecule has 0 unspecified atom stereocenters. The fraction of sp³-hybridized carbons (Fsp3) is 0.167. The first-order valence-corrected chi connectivity index (χ1v) is 8.33. The molecular formula is C18H17ClN2S. The number of aromatic nitrogens is 1. The average molecular weight is 329 g/mol. The zero-order chi connectivity index (χ0) is 15.5. The molecule has 0 amide bonds. The number of rotatable bonds is 4. The minimum Gasteiger partial charge on any atom is -0.380 e. The molecule has 0 spiro atoms. The number of hydrogen-bond donors (Lipinski definition) is 1. The van der Waals surface area contributed by atoms with Crippen molar-refractivity contribution < 1.29 is 0 Å². The van der Waals surface area contributed by atoms with E-state index in [2.05, 4.69) is 66.6 Å². The third-order valence-corrected chi connectivity index (χ3v) is 4.81. The summed E-state index contributed by atoms with van der Waals surface area (Å²) in [6, 6.07) is 15.0. The van der Waals surface area contributed by atoms with Crippen molar-refractivity contribution in [3.05, 3.63) is 69.1 Å². The Labute approximate surface area is 139 Å². The summed E-state index contributed by atoms with van der Waals surface area (Å²) in [5.74, 6) is 0. The largest absolute Gasteiger partial charge is 0.380 e. The van der Waals surface area contributed by atoms with Crippen LogP contribution in [0.15, 0.2) is 48.7 Å². The Bertz CT molecular complexity index is 795. The van der Waals surface area contributed by atoms with Gasteiger partial charge in [-0.15, -0.1) is 11.3 Å². The number of thiazole rings is 1. The van der Waals surface area contributed by atoms with Gasteiger partial charge < -0.3 is 5.32 Å². The predicted molar refractivity (Wildman–Crippen MR) is 95.8 cm³/mol. The van der Waals surface area contributed by atoms with Crippen molar-refractivity contribution in [2.45, 2.75) is 20.4 Å². The van der Waals surface area contributed by atoms with Crippen LogP contribution in [0.3, 0.4) is 0 Å². The van der Waals surface area contributed by atoms with E-state index in [0.29, 0.717) is 4.47 Å². The Hall–Kier alpha value is -1.84. The summed E-state index contributed by atoms with van der Waals surface area (Å²) in [4.78, 5) is 5.18. The molecule has 0 atom stereocenters. The second-order valence-corrected chi connectivity index (χ2v) is 7.01. The van der Waals surface area contributed by atoms with Crippen LogP contribution in [0.25, 0.3) is 11.1 Å². The van der Waals surface area contributed by atoms with E-state index in [4.69, 9.17) is 11.6 Å². The SMILES string of the molecule is Cc1ccc(-c2cccc(NCc3cnc(Cl)s3)c2)cc1C. The van der Waals surface area contributed by atoms with E-state index in [1.165, 1.54) is 33.6 Å². The van der Waals surface area contributed by atoms with Gasteiger partial charge in [-0.2, -0.15) is 0 Å². The van der Waals surface area contributed by atoms with Gasteiger partial charge in [0.25, 0.3) is 0 Å². The lowest BCUT2D eigenvalue weighted by Crippen LogP contribution is -1.97. The van der Waals surface area contributed by atoms with E-state index < -0.39 is 0 Å². The maximum absolute atomic E-state index is 5.85. The smallest absolute Gasteiger partial charge is 0.183 e.